The number of aromatic amines is 1. The van der Waals surface area contributed by atoms with E-state index >= 15 is 0 Å². The number of likely N-dealkylation sites (tertiary alicyclic amines) is 1. The lowest BCUT2D eigenvalue weighted by Crippen LogP contribution is -2.32. The number of hydrogen-bond donors (Lipinski definition) is 3. The van der Waals surface area contributed by atoms with Gasteiger partial charge in [0.2, 0.25) is 0 Å². The largest absolute Gasteiger partial charge is 0.340 e. The molecular weight excluding hydrogens is 424 g/mol. The SMILES string of the molecule is CCN1CCC(c2ccc(Nc3nc(-c4cncc(CN)c4)cc4cc[nH]c(=O)c34)cc2)CC1. The maximum absolute atomic E-state index is 12.7. The van der Waals surface area contributed by atoms with Gasteiger partial charge >= 0.3 is 0 Å². The van der Waals surface area contributed by atoms with E-state index in [1.165, 1.54) is 18.4 Å². The first-order chi connectivity index (χ1) is 16.6. The Balaban J connectivity index is 1.46. The number of pyridine rings is 3. The van der Waals surface area contributed by atoms with Gasteiger partial charge in [-0.25, -0.2) is 4.98 Å². The number of piperidine rings is 1. The van der Waals surface area contributed by atoms with Crippen molar-refractivity contribution >= 4 is 22.3 Å². The van der Waals surface area contributed by atoms with Gasteiger partial charge in [0, 0.05) is 36.4 Å². The molecular formula is C27H30N6O. The van der Waals surface area contributed by atoms with Gasteiger partial charge in [0.05, 0.1) is 11.1 Å². The molecule has 4 N–H and O–H groups in total. The van der Waals surface area contributed by atoms with Crippen LogP contribution in [-0.2, 0) is 6.54 Å². The predicted octanol–water partition coefficient (Wildman–Crippen LogP) is 4.39. The molecule has 4 aromatic rings. The fraction of sp³-hybridized carbons (Fsp3) is 0.296. The van der Waals surface area contributed by atoms with Gasteiger partial charge in [0.1, 0.15) is 5.82 Å². The second-order valence-corrected chi connectivity index (χ2v) is 8.87. The normalized spacial score (nSPS) is 15.0. The predicted molar refractivity (Wildman–Crippen MR) is 137 cm³/mol. The molecule has 1 saturated heterocycles. The van der Waals surface area contributed by atoms with Crippen LogP contribution in [0, 0.1) is 0 Å². The van der Waals surface area contributed by atoms with Crippen LogP contribution < -0.4 is 16.6 Å². The van der Waals surface area contributed by atoms with Crippen LogP contribution in [0.4, 0.5) is 11.5 Å². The van der Waals surface area contributed by atoms with Crippen LogP contribution >= 0.6 is 0 Å². The molecule has 0 amide bonds. The van der Waals surface area contributed by atoms with Gasteiger partial charge in [-0.15, -0.1) is 0 Å². The summed E-state index contributed by atoms with van der Waals surface area (Å²) >= 11 is 0. The van der Waals surface area contributed by atoms with Crippen molar-refractivity contribution in [3.8, 4) is 11.3 Å². The molecule has 1 aromatic carbocycles. The lowest BCUT2D eigenvalue weighted by atomic mass is 9.89. The number of rotatable bonds is 6. The van der Waals surface area contributed by atoms with Gasteiger partial charge in [-0.1, -0.05) is 19.1 Å². The standard InChI is InChI=1S/C27H30N6O/c1-2-33-11-8-20(9-12-33)19-3-5-23(6-4-19)31-26-25-21(7-10-30-27(25)34)14-24(32-26)22-13-18(15-28)16-29-17-22/h3-7,10,13-14,16-17,20H,2,8-9,11-12,15,28H2,1H3,(H,30,34)(H,31,32). The molecule has 0 unspecified atom stereocenters. The molecule has 4 heterocycles. The molecule has 5 rings (SSSR count). The topological polar surface area (TPSA) is 99.9 Å². The van der Waals surface area contributed by atoms with Crippen molar-refractivity contribution in [1.29, 1.82) is 0 Å². The van der Waals surface area contributed by atoms with Crippen molar-refractivity contribution in [2.75, 3.05) is 25.0 Å². The van der Waals surface area contributed by atoms with Crippen molar-refractivity contribution in [2.24, 2.45) is 5.73 Å². The first-order valence-electron chi connectivity index (χ1n) is 11.9. The zero-order valence-electron chi connectivity index (χ0n) is 19.4. The Morgan fingerprint density at radius 3 is 2.65 bits per heavy atom. The molecule has 1 aliphatic rings. The fourth-order valence-corrected chi connectivity index (χ4v) is 4.75. The molecule has 174 valence electrons. The average molecular weight is 455 g/mol. The van der Waals surface area contributed by atoms with Gasteiger partial charge < -0.3 is 20.9 Å². The number of hydrogen-bond acceptors (Lipinski definition) is 6. The Labute approximate surface area is 199 Å². The van der Waals surface area contributed by atoms with Gasteiger partial charge in [-0.2, -0.15) is 0 Å². The Bertz CT molecular complexity index is 1340. The summed E-state index contributed by atoms with van der Waals surface area (Å²) in [6.45, 7) is 6.08. The van der Waals surface area contributed by atoms with Crippen LogP contribution in [0.1, 0.15) is 36.8 Å². The number of H-pyrrole nitrogens is 1. The lowest BCUT2D eigenvalue weighted by Gasteiger charge is -2.31. The molecule has 0 bridgehead atoms. The Hall–Kier alpha value is -3.55. The highest BCUT2D eigenvalue weighted by molar-refractivity contribution is 5.95. The molecule has 7 nitrogen and oxygen atoms in total. The molecule has 0 saturated carbocycles. The van der Waals surface area contributed by atoms with E-state index in [9.17, 15) is 4.79 Å². The second-order valence-electron chi connectivity index (χ2n) is 8.87. The summed E-state index contributed by atoms with van der Waals surface area (Å²) in [6, 6.07) is 14.3. The van der Waals surface area contributed by atoms with Gasteiger partial charge in [-0.3, -0.25) is 9.78 Å². The third kappa shape index (κ3) is 4.58. The van der Waals surface area contributed by atoms with E-state index < -0.39 is 0 Å². The average Bonchev–Trinajstić information content (AvgIpc) is 2.89. The highest BCUT2D eigenvalue weighted by atomic mass is 16.1. The third-order valence-corrected chi connectivity index (χ3v) is 6.76. The molecule has 0 aliphatic carbocycles. The molecule has 1 aliphatic heterocycles. The zero-order chi connectivity index (χ0) is 23.5. The number of anilines is 2. The maximum atomic E-state index is 12.7. The van der Waals surface area contributed by atoms with E-state index in [0.717, 1.165) is 47.5 Å². The van der Waals surface area contributed by atoms with E-state index in [1.54, 1.807) is 18.6 Å². The van der Waals surface area contributed by atoms with E-state index in [0.29, 0.717) is 23.7 Å². The highest BCUT2D eigenvalue weighted by Gasteiger charge is 2.19. The maximum Gasteiger partial charge on any atom is 0.259 e. The van der Waals surface area contributed by atoms with E-state index in [1.807, 2.05) is 18.2 Å². The summed E-state index contributed by atoms with van der Waals surface area (Å²) in [7, 11) is 0. The van der Waals surface area contributed by atoms with Crippen LogP contribution in [0.2, 0.25) is 0 Å². The van der Waals surface area contributed by atoms with E-state index in [-0.39, 0.29) is 5.56 Å². The lowest BCUT2D eigenvalue weighted by molar-refractivity contribution is 0.222. The fourth-order valence-electron chi connectivity index (χ4n) is 4.75. The minimum atomic E-state index is -0.174. The van der Waals surface area contributed by atoms with Crippen molar-refractivity contribution in [3.63, 3.8) is 0 Å². The van der Waals surface area contributed by atoms with Crippen molar-refractivity contribution in [2.45, 2.75) is 32.2 Å². The number of nitrogens with zero attached hydrogens (tertiary/aromatic N) is 3. The summed E-state index contributed by atoms with van der Waals surface area (Å²) in [5, 5.41) is 4.73. The van der Waals surface area contributed by atoms with Crippen molar-refractivity contribution < 1.29 is 0 Å². The molecule has 34 heavy (non-hydrogen) atoms. The summed E-state index contributed by atoms with van der Waals surface area (Å²) in [6.07, 6.45) is 7.57. The number of nitrogens with two attached hydrogens (primary N) is 1. The van der Waals surface area contributed by atoms with Gasteiger partial charge in [-0.05, 0) is 85.2 Å². The number of fused-ring (bicyclic) bond motifs is 1. The molecule has 1 fully saturated rings. The molecule has 0 atom stereocenters. The van der Waals surface area contributed by atoms with Crippen LogP contribution in [0.3, 0.4) is 0 Å². The first-order valence-corrected chi connectivity index (χ1v) is 11.9. The van der Waals surface area contributed by atoms with Gasteiger partial charge in [0.15, 0.2) is 0 Å². The van der Waals surface area contributed by atoms with E-state index in [2.05, 4.69) is 51.4 Å². The summed E-state index contributed by atoms with van der Waals surface area (Å²) in [5.41, 5.74) is 10.4. The minimum absolute atomic E-state index is 0.174. The van der Waals surface area contributed by atoms with Crippen molar-refractivity contribution in [3.05, 3.63) is 82.5 Å². The molecule has 0 spiro atoms. The minimum Gasteiger partial charge on any atom is -0.340 e. The quantitative estimate of drug-likeness (QED) is 0.400. The highest BCUT2D eigenvalue weighted by Crippen LogP contribution is 2.31. The van der Waals surface area contributed by atoms with Crippen LogP contribution in [0.25, 0.3) is 22.0 Å². The Morgan fingerprint density at radius 1 is 1.12 bits per heavy atom. The van der Waals surface area contributed by atoms with E-state index in [4.69, 9.17) is 10.7 Å². The second kappa shape index (κ2) is 9.75. The van der Waals surface area contributed by atoms with Crippen LogP contribution in [0.5, 0.6) is 0 Å². The number of benzene rings is 1. The van der Waals surface area contributed by atoms with Crippen molar-refractivity contribution in [1.82, 2.24) is 19.9 Å². The summed E-state index contributed by atoms with van der Waals surface area (Å²) < 4.78 is 0. The zero-order valence-corrected chi connectivity index (χ0v) is 19.4. The monoisotopic (exact) mass is 454 g/mol. The van der Waals surface area contributed by atoms with Crippen LogP contribution in [-0.4, -0.2) is 39.5 Å². The molecule has 7 heteroatoms. The summed E-state index contributed by atoms with van der Waals surface area (Å²) in [4.78, 5) is 27.1. The molecule has 0 radical (unpaired) electrons. The number of nitrogens with one attached hydrogen (secondary N) is 2. The first kappa shape index (κ1) is 22.3. The Morgan fingerprint density at radius 2 is 1.91 bits per heavy atom. The summed E-state index contributed by atoms with van der Waals surface area (Å²) in [5.74, 6) is 1.13. The Kier molecular flexibility index (Phi) is 6.38. The third-order valence-electron chi connectivity index (χ3n) is 6.76. The molecule has 3 aromatic heterocycles. The smallest absolute Gasteiger partial charge is 0.259 e. The van der Waals surface area contributed by atoms with Crippen LogP contribution in [0.15, 0.2) is 65.8 Å². The number of aromatic nitrogens is 3. The van der Waals surface area contributed by atoms with Gasteiger partial charge in [0.25, 0.3) is 5.56 Å².